The highest BCUT2D eigenvalue weighted by Crippen LogP contribution is 2.33. The number of amides is 1. The Morgan fingerprint density at radius 2 is 1.53 bits per heavy atom. The van der Waals surface area contributed by atoms with E-state index in [9.17, 15) is 23.2 Å². The molecule has 0 aliphatic heterocycles. The summed E-state index contributed by atoms with van der Waals surface area (Å²) in [5.74, 6) is -1.000. The van der Waals surface area contributed by atoms with Crippen molar-refractivity contribution in [3.05, 3.63) is 89.0 Å². The normalized spacial score (nSPS) is 13.6. The topological polar surface area (TPSA) is 81.1 Å². The van der Waals surface area contributed by atoms with Gasteiger partial charge in [0.15, 0.2) is 16.7 Å². The molecule has 1 aromatic heterocycles. The second-order valence-corrected chi connectivity index (χ2v) is 9.05. The van der Waals surface area contributed by atoms with Crippen LogP contribution in [0, 0.1) is 0 Å². The molecule has 0 radical (unpaired) electrons. The summed E-state index contributed by atoms with van der Waals surface area (Å²) in [6.45, 7) is -1.23. The molecule has 1 heterocycles. The number of para-hydroxylation sites is 2. The first-order chi connectivity index (χ1) is 16.3. The summed E-state index contributed by atoms with van der Waals surface area (Å²) in [4.78, 5) is 42.7. The van der Waals surface area contributed by atoms with E-state index in [1.807, 2.05) is 0 Å². The van der Waals surface area contributed by atoms with Crippen LogP contribution in [0.4, 0.5) is 14.5 Å². The lowest BCUT2D eigenvalue weighted by molar-refractivity contribution is -0.115. The minimum atomic E-state index is -2.81. The molecule has 1 amide bonds. The maximum atomic E-state index is 13.7. The standard InChI is InChI=1S/C25H17F2N3O3S/c1-13(34-25-29-19-8-4-5-9-20(19)30(25)24(26)27)23(33)28-14-10-11-17-18(12-14)22(32)16-7-3-2-6-15(16)21(17)31/h2-13,24H,1H3,(H,28,33). The van der Waals surface area contributed by atoms with Crippen molar-refractivity contribution in [2.24, 2.45) is 0 Å². The number of aromatic nitrogens is 2. The van der Waals surface area contributed by atoms with Gasteiger partial charge in [-0.05, 0) is 37.3 Å². The van der Waals surface area contributed by atoms with E-state index in [4.69, 9.17) is 0 Å². The van der Waals surface area contributed by atoms with Crippen LogP contribution in [0.25, 0.3) is 11.0 Å². The van der Waals surface area contributed by atoms with Crippen molar-refractivity contribution < 1.29 is 23.2 Å². The number of nitrogens with one attached hydrogen (secondary N) is 1. The van der Waals surface area contributed by atoms with Gasteiger partial charge >= 0.3 is 6.55 Å². The Morgan fingerprint density at radius 3 is 2.24 bits per heavy atom. The average molecular weight is 477 g/mol. The van der Waals surface area contributed by atoms with Crippen LogP contribution in [-0.2, 0) is 4.79 Å². The van der Waals surface area contributed by atoms with Crippen LogP contribution >= 0.6 is 11.8 Å². The molecular weight excluding hydrogens is 460 g/mol. The summed E-state index contributed by atoms with van der Waals surface area (Å²) >= 11 is 0.911. The highest BCUT2D eigenvalue weighted by atomic mass is 32.2. The van der Waals surface area contributed by atoms with Gasteiger partial charge in [0.2, 0.25) is 5.91 Å². The zero-order valence-corrected chi connectivity index (χ0v) is 18.6. The molecule has 5 rings (SSSR count). The number of benzene rings is 3. The highest BCUT2D eigenvalue weighted by Gasteiger charge is 2.30. The number of hydrogen-bond acceptors (Lipinski definition) is 5. The molecule has 0 fully saturated rings. The van der Waals surface area contributed by atoms with Gasteiger partial charge in [-0.15, -0.1) is 0 Å². The third-order valence-electron chi connectivity index (χ3n) is 5.60. The maximum absolute atomic E-state index is 13.7. The van der Waals surface area contributed by atoms with E-state index in [-0.39, 0.29) is 33.4 Å². The molecule has 0 spiro atoms. The maximum Gasteiger partial charge on any atom is 0.321 e. The van der Waals surface area contributed by atoms with E-state index in [1.54, 1.807) is 61.5 Å². The Hall–Kier alpha value is -3.85. The van der Waals surface area contributed by atoms with Crippen molar-refractivity contribution in [3.8, 4) is 0 Å². The summed E-state index contributed by atoms with van der Waals surface area (Å²) < 4.78 is 28.1. The van der Waals surface area contributed by atoms with Gasteiger partial charge in [-0.25, -0.2) is 4.98 Å². The molecule has 1 unspecified atom stereocenters. The van der Waals surface area contributed by atoms with Gasteiger partial charge in [-0.1, -0.05) is 48.2 Å². The van der Waals surface area contributed by atoms with Crippen molar-refractivity contribution in [2.45, 2.75) is 23.9 Å². The van der Waals surface area contributed by atoms with Gasteiger partial charge in [-0.2, -0.15) is 8.78 Å². The van der Waals surface area contributed by atoms with E-state index < -0.39 is 17.7 Å². The summed E-state index contributed by atoms with van der Waals surface area (Å²) in [5.41, 5.74) is 2.18. The third kappa shape index (κ3) is 3.67. The summed E-state index contributed by atoms with van der Waals surface area (Å²) in [5, 5.41) is 1.97. The number of anilines is 1. The predicted molar refractivity (Wildman–Crippen MR) is 125 cm³/mol. The average Bonchev–Trinajstić information content (AvgIpc) is 3.20. The zero-order valence-electron chi connectivity index (χ0n) is 17.8. The lowest BCUT2D eigenvalue weighted by Crippen LogP contribution is -2.24. The molecule has 0 saturated heterocycles. The van der Waals surface area contributed by atoms with Crippen molar-refractivity contribution >= 4 is 46.0 Å². The van der Waals surface area contributed by atoms with Crippen LogP contribution in [0.15, 0.2) is 71.9 Å². The minimum absolute atomic E-state index is 0.0293. The lowest BCUT2D eigenvalue weighted by atomic mass is 9.84. The second-order valence-electron chi connectivity index (χ2n) is 7.74. The molecule has 1 aliphatic rings. The number of rotatable bonds is 5. The molecule has 1 aliphatic carbocycles. The number of carbonyl (C=O) groups excluding carboxylic acids is 3. The smallest absolute Gasteiger partial charge is 0.321 e. The highest BCUT2D eigenvalue weighted by molar-refractivity contribution is 8.00. The van der Waals surface area contributed by atoms with Crippen molar-refractivity contribution in [1.29, 1.82) is 0 Å². The summed E-state index contributed by atoms with van der Waals surface area (Å²) in [6.07, 6.45) is 0. The van der Waals surface area contributed by atoms with Gasteiger partial charge < -0.3 is 5.32 Å². The van der Waals surface area contributed by atoms with Crippen LogP contribution in [-0.4, -0.2) is 32.3 Å². The number of halogens is 2. The monoisotopic (exact) mass is 477 g/mol. The van der Waals surface area contributed by atoms with Crippen LogP contribution in [0.3, 0.4) is 0 Å². The summed E-state index contributed by atoms with van der Waals surface area (Å²) in [6, 6.07) is 17.6. The first-order valence-electron chi connectivity index (χ1n) is 10.4. The first-order valence-corrected chi connectivity index (χ1v) is 11.3. The Bertz CT molecular complexity index is 1480. The number of fused-ring (bicyclic) bond motifs is 3. The lowest BCUT2D eigenvalue weighted by Gasteiger charge is -2.19. The van der Waals surface area contributed by atoms with Crippen LogP contribution in [0.1, 0.15) is 45.3 Å². The van der Waals surface area contributed by atoms with Gasteiger partial charge in [0.05, 0.1) is 16.3 Å². The number of alkyl halides is 2. The molecule has 6 nitrogen and oxygen atoms in total. The fourth-order valence-corrected chi connectivity index (χ4v) is 4.85. The van der Waals surface area contributed by atoms with E-state index in [1.165, 1.54) is 12.1 Å². The summed E-state index contributed by atoms with van der Waals surface area (Å²) in [7, 11) is 0. The number of ketones is 2. The molecule has 0 bridgehead atoms. The second kappa shape index (κ2) is 8.49. The number of nitrogens with zero attached hydrogens (tertiary/aromatic N) is 2. The molecule has 3 aromatic carbocycles. The molecule has 9 heteroatoms. The Labute approximate surface area is 197 Å². The Kier molecular flexibility index (Phi) is 5.49. The van der Waals surface area contributed by atoms with Crippen molar-refractivity contribution in [2.75, 3.05) is 5.32 Å². The molecule has 0 saturated carbocycles. The molecule has 1 N–H and O–H groups in total. The third-order valence-corrected chi connectivity index (χ3v) is 6.67. The van der Waals surface area contributed by atoms with Gasteiger partial charge in [0.25, 0.3) is 0 Å². The number of thioether (sulfide) groups is 1. The molecule has 170 valence electrons. The number of hydrogen-bond donors (Lipinski definition) is 1. The number of imidazole rings is 1. The van der Waals surface area contributed by atoms with Gasteiger partial charge in [-0.3, -0.25) is 19.0 Å². The zero-order chi connectivity index (χ0) is 24.0. The fraction of sp³-hybridized carbons (Fsp3) is 0.120. The quantitative estimate of drug-likeness (QED) is 0.346. The van der Waals surface area contributed by atoms with Crippen molar-refractivity contribution in [1.82, 2.24) is 9.55 Å². The van der Waals surface area contributed by atoms with E-state index in [0.717, 1.165) is 16.3 Å². The van der Waals surface area contributed by atoms with Crippen molar-refractivity contribution in [3.63, 3.8) is 0 Å². The van der Waals surface area contributed by atoms with Crippen LogP contribution < -0.4 is 5.32 Å². The van der Waals surface area contributed by atoms with Gasteiger partial charge in [0.1, 0.15) is 0 Å². The fourth-order valence-electron chi connectivity index (χ4n) is 3.93. The minimum Gasteiger partial charge on any atom is -0.325 e. The largest absolute Gasteiger partial charge is 0.325 e. The molecule has 34 heavy (non-hydrogen) atoms. The van der Waals surface area contributed by atoms with E-state index in [2.05, 4.69) is 10.3 Å². The van der Waals surface area contributed by atoms with E-state index >= 15 is 0 Å². The molecule has 4 aromatic rings. The van der Waals surface area contributed by atoms with Crippen LogP contribution in [0.2, 0.25) is 0 Å². The first kappa shape index (κ1) is 22.0. The predicted octanol–water partition coefficient (Wildman–Crippen LogP) is 5.33. The SMILES string of the molecule is CC(Sc1nc2ccccc2n1C(F)F)C(=O)Nc1ccc2c(c1)C(=O)c1ccccc1C2=O. The van der Waals surface area contributed by atoms with Gasteiger partial charge in [0, 0.05) is 27.9 Å². The Balaban J connectivity index is 1.37. The molecule has 1 atom stereocenters. The van der Waals surface area contributed by atoms with E-state index in [0.29, 0.717) is 22.3 Å². The molecular formula is C25H17F2N3O3S. The Morgan fingerprint density at radius 1 is 0.912 bits per heavy atom. The number of carbonyl (C=O) groups is 3. The van der Waals surface area contributed by atoms with Crippen LogP contribution in [0.5, 0.6) is 0 Å².